The van der Waals surface area contributed by atoms with Crippen LogP contribution in [0.2, 0.25) is 0 Å². The summed E-state index contributed by atoms with van der Waals surface area (Å²) in [5.74, 6) is 2.83. The number of ether oxygens (including phenoxy) is 1. The molecule has 15 heavy (non-hydrogen) atoms. The lowest BCUT2D eigenvalue weighted by atomic mass is 10.2. The molecule has 2 saturated heterocycles. The van der Waals surface area contributed by atoms with E-state index in [4.69, 9.17) is 4.74 Å². The highest BCUT2D eigenvalue weighted by Crippen LogP contribution is 2.14. The topological polar surface area (TPSA) is 9.23 Å². The molecule has 0 saturated carbocycles. The van der Waals surface area contributed by atoms with E-state index in [1.807, 2.05) is 13.8 Å². The lowest BCUT2D eigenvalue weighted by molar-refractivity contribution is 0.144. The number of hydrogen-bond donors (Lipinski definition) is 0. The summed E-state index contributed by atoms with van der Waals surface area (Å²) >= 11 is 2.09. The fourth-order valence-corrected chi connectivity index (χ4v) is 2.57. The Morgan fingerprint density at radius 3 is 1.47 bits per heavy atom. The third-order valence-corrected chi connectivity index (χ3v) is 3.56. The van der Waals surface area contributed by atoms with Gasteiger partial charge in [-0.1, -0.05) is 33.1 Å². The summed E-state index contributed by atoms with van der Waals surface area (Å²) in [7, 11) is 0. The van der Waals surface area contributed by atoms with Crippen LogP contribution in [0.4, 0.5) is 0 Å². The highest BCUT2D eigenvalue weighted by atomic mass is 32.2. The second kappa shape index (κ2) is 14.3. The lowest BCUT2D eigenvalue weighted by Crippen LogP contribution is -1.91. The van der Waals surface area contributed by atoms with Gasteiger partial charge in [-0.25, -0.2) is 0 Å². The first-order chi connectivity index (χ1) is 7.50. The van der Waals surface area contributed by atoms with Crippen molar-refractivity contribution in [3.05, 3.63) is 0 Å². The maximum absolute atomic E-state index is 5.19. The summed E-state index contributed by atoms with van der Waals surface area (Å²) in [5, 5.41) is 0. The maximum atomic E-state index is 5.19. The molecular formula is C13H28OS. The maximum Gasteiger partial charge on any atom is 0.0466 e. The molecule has 0 unspecified atom stereocenters. The van der Waals surface area contributed by atoms with Gasteiger partial charge in [-0.15, -0.1) is 0 Å². The molecule has 0 amide bonds. The standard InChI is InChI=1S/C6H12O.C5H10S.C2H6/c1-2-4-6-7-5-3-1;1-2-4-6-5-3-1;1-2/h1-6H2;1-5H2;1-2H3. The Kier molecular flexibility index (Phi) is 14.6. The van der Waals surface area contributed by atoms with Crippen LogP contribution in [-0.4, -0.2) is 24.7 Å². The summed E-state index contributed by atoms with van der Waals surface area (Å²) in [5.41, 5.74) is 0. The fraction of sp³-hybridized carbons (Fsp3) is 1.00. The largest absolute Gasteiger partial charge is 0.381 e. The van der Waals surface area contributed by atoms with Gasteiger partial charge in [0.2, 0.25) is 0 Å². The molecule has 0 spiro atoms. The van der Waals surface area contributed by atoms with E-state index in [1.165, 1.54) is 56.5 Å². The zero-order valence-electron chi connectivity index (χ0n) is 10.6. The highest BCUT2D eigenvalue weighted by Gasteiger charge is 1.96. The van der Waals surface area contributed by atoms with Crippen molar-refractivity contribution in [1.29, 1.82) is 0 Å². The van der Waals surface area contributed by atoms with Crippen LogP contribution in [-0.2, 0) is 4.74 Å². The monoisotopic (exact) mass is 232 g/mol. The molecule has 2 fully saturated rings. The Hall–Kier alpha value is 0.310. The molecular weight excluding hydrogens is 204 g/mol. The molecule has 1 nitrogen and oxygen atoms in total. The van der Waals surface area contributed by atoms with Crippen LogP contribution in [0.15, 0.2) is 0 Å². The average Bonchev–Trinajstić information content (AvgIpc) is 2.67. The SMILES string of the molecule is C1CCCOCC1.C1CCSCC1.CC. The molecule has 0 aromatic rings. The van der Waals surface area contributed by atoms with Crippen molar-refractivity contribution in [3.8, 4) is 0 Å². The Morgan fingerprint density at radius 1 is 0.667 bits per heavy atom. The first-order valence-electron chi connectivity index (χ1n) is 6.65. The van der Waals surface area contributed by atoms with Gasteiger partial charge in [-0.05, 0) is 37.2 Å². The van der Waals surface area contributed by atoms with Gasteiger partial charge in [0.1, 0.15) is 0 Å². The lowest BCUT2D eigenvalue weighted by Gasteiger charge is -2.05. The van der Waals surface area contributed by atoms with E-state index < -0.39 is 0 Å². The summed E-state index contributed by atoms with van der Waals surface area (Å²) in [6.45, 7) is 6.00. The van der Waals surface area contributed by atoms with Gasteiger partial charge in [-0.3, -0.25) is 0 Å². The predicted octanol–water partition coefficient (Wildman–Crippen LogP) is 4.51. The molecule has 2 heteroatoms. The Balaban J connectivity index is 0.000000227. The van der Waals surface area contributed by atoms with E-state index in [-0.39, 0.29) is 0 Å². The molecule has 0 bridgehead atoms. The molecule has 2 aliphatic heterocycles. The van der Waals surface area contributed by atoms with Crippen molar-refractivity contribution in [3.63, 3.8) is 0 Å². The first-order valence-corrected chi connectivity index (χ1v) is 7.81. The van der Waals surface area contributed by atoms with Crippen LogP contribution in [0.25, 0.3) is 0 Å². The van der Waals surface area contributed by atoms with Crippen LogP contribution in [0.5, 0.6) is 0 Å². The molecule has 0 radical (unpaired) electrons. The third kappa shape index (κ3) is 12.2. The van der Waals surface area contributed by atoms with Crippen molar-refractivity contribution in [2.24, 2.45) is 0 Å². The minimum absolute atomic E-state index is 1.00. The van der Waals surface area contributed by atoms with Crippen molar-refractivity contribution in [2.75, 3.05) is 24.7 Å². The van der Waals surface area contributed by atoms with E-state index in [9.17, 15) is 0 Å². The Labute approximate surface area is 100 Å². The van der Waals surface area contributed by atoms with Gasteiger partial charge in [0, 0.05) is 13.2 Å². The Morgan fingerprint density at radius 2 is 1.13 bits per heavy atom. The number of thioether (sulfide) groups is 1. The van der Waals surface area contributed by atoms with Gasteiger partial charge in [-0.2, -0.15) is 11.8 Å². The molecule has 0 atom stereocenters. The fourth-order valence-electron chi connectivity index (χ4n) is 1.55. The van der Waals surface area contributed by atoms with Crippen molar-refractivity contribution < 1.29 is 4.74 Å². The van der Waals surface area contributed by atoms with E-state index in [0.717, 1.165) is 13.2 Å². The van der Waals surface area contributed by atoms with Gasteiger partial charge in [0.25, 0.3) is 0 Å². The molecule has 2 aliphatic rings. The van der Waals surface area contributed by atoms with E-state index in [1.54, 1.807) is 0 Å². The number of rotatable bonds is 0. The molecule has 2 heterocycles. The van der Waals surface area contributed by atoms with Crippen molar-refractivity contribution >= 4 is 11.8 Å². The summed E-state index contributed by atoms with van der Waals surface area (Å²) < 4.78 is 5.19. The summed E-state index contributed by atoms with van der Waals surface area (Å²) in [6.07, 6.45) is 9.71. The second-order valence-corrected chi connectivity index (χ2v) is 4.92. The molecule has 92 valence electrons. The van der Waals surface area contributed by atoms with Crippen LogP contribution in [0, 0.1) is 0 Å². The van der Waals surface area contributed by atoms with Gasteiger partial charge < -0.3 is 4.74 Å². The molecule has 0 aliphatic carbocycles. The molecule has 0 aromatic carbocycles. The van der Waals surface area contributed by atoms with E-state index in [2.05, 4.69) is 11.8 Å². The van der Waals surface area contributed by atoms with E-state index >= 15 is 0 Å². The first kappa shape index (κ1) is 15.3. The predicted molar refractivity (Wildman–Crippen MR) is 71.8 cm³/mol. The molecule has 0 N–H and O–H groups in total. The van der Waals surface area contributed by atoms with E-state index in [0.29, 0.717) is 0 Å². The average molecular weight is 232 g/mol. The van der Waals surface area contributed by atoms with Crippen LogP contribution in [0.1, 0.15) is 58.8 Å². The molecule has 0 aromatic heterocycles. The zero-order valence-corrected chi connectivity index (χ0v) is 11.4. The van der Waals surface area contributed by atoms with Gasteiger partial charge in [0.15, 0.2) is 0 Å². The van der Waals surface area contributed by atoms with Crippen LogP contribution >= 0.6 is 11.8 Å². The normalized spacial score (nSPS) is 21.2. The highest BCUT2D eigenvalue weighted by molar-refractivity contribution is 7.99. The second-order valence-electron chi connectivity index (χ2n) is 3.70. The summed E-state index contributed by atoms with van der Waals surface area (Å²) in [6, 6.07) is 0. The van der Waals surface area contributed by atoms with Gasteiger partial charge >= 0.3 is 0 Å². The minimum Gasteiger partial charge on any atom is -0.381 e. The summed E-state index contributed by atoms with van der Waals surface area (Å²) in [4.78, 5) is 0. The van der Waals surface area contributed by atoms with Crippen molar-refractivity contribution in [2.45, 2.75) is 58.8 Å². The van der Waals surface area contributed by atoms with Gasteiger partial charge in [0.05, 0.1) is 0 Å². The van der Waals surface area contributed by atoms with Crippen LogP contribution in [0.3, 0.4) is 0 Å². The quantitative estimate of drug-likeness (QED) is 0.608. The number of hydrogen-bond acceptors (Lipinski definition) is 2. The Bertz CT molecular complexity index is 71.5. The van der Waals surface area contributed by atoms with Crippen molar-refractivity contribution in [1.82, 2.24) is 0 Å². The zero-order chi connectivity index (χ0) is 11.2. The minimum atomic E-state index is 1.00. The smallest absolute Gasteiger partial charge is 0.0466 e. The van der Waals surface area contributed by atoms with Crippen LogP contribution < -0.4 is 0 Å². The third-order valence-electron chi connectivity index (χ3n) is 2.40. The molecule has 2 rings (SSSR count).